The maximum Gasteiger partial charge on any atom is 0.261 e. The van der Waals surface area contributed by atoms with Crippen LogP contribution in [0, 0.1) is 13.8 Å². The number of anilines is 1. The third-order valence-electron chi connectivity index (χ3n) is 5.16. The summed E-state index contributed by atoms with van der Waals surface area (Å²) in [6.07, 6.45) is 2.01. The Balaban J connectivity index is 0.00000320. The molecule has 1 aromatic heterocycles. The molecule has 0 saturated carbocycles. The van der Waals surface area contributed by atoms with Gasteiger partial charge in [-0.1, -0.05) is 43.4 Å². The number of rotatable bonds is 8. The molecule has 0 unspecified atom stereocenters. The van der Waals surface area contributed by atoms with Gasteiger partial charge in [-0.3, -0.25) is 9.69 Å². The maximum atomic E-state index is 13.6. The second-order valence-corrected chi connectivity index (χ2v) is 8.94. The molecular weight excluding hydrogens is 434 g/mol. The van der Waals surface area contributed by atoms with Crippen LogP contribution in [0.4, 0.5) is 5.13 Å². The van der Waals surface area contributed by atoms with E-state index in [1.165, 1.54) is 11.1 Å². The zero-order valence-corrected chi connectivity index (χ0v) is 20.7. The molecule has 7 heteroatoms. The summed E-state index contributed by atoms with van der Waals surface area (Å²) in [5, 5.41) is 0.779. The molecule has 0 atom stereocenters. The van der Waals surface area contributed by atoms with Crippen LogP contribution in [0.3, 0.4) is 0 Å². The molecule has 0 fully saturated rings. The van der Waals surface area contributed by atoms with Crippen LogP contribution in [-0.2, 0) is 0 Å². The van der Waals surface area contributed by atoms with Crippen LogP contribution in [0.25, 0.3) is 10.2 Å². The number of likely N-dealkylation sites (N-methyl/N-ethyl adjacent to an activating group) is 1. The first-order chi connectivity index (χ1) is 14.0. The molecule has 0 spiro atoms. The highest BCUT2D eigenvalue weighted by atomic mass is 35.5. The van der Waals surface area contributed by atoms with Crippen molar-refractivity contribution in [1.82, 2.24) is 9.88 Å². The van der Waals surface area contributed by atoms with E-state index in [0.29, 0.717) is 6.54 Å². The zero-order valence-electron chi connectivity index (χ0n) is 18.3. The summed E-state index contributed by atoms with van der Waals surface area (Å²) in [6.45, 7) is 11.9. The van der Waals surface area contributed by atoms with Crippen LogP contribution >= 0.6 is 35.5 Å². The van der Waals surface area contributed by atoms with E-state index in [-0.39, 0.29) is 18.3 Å². The SMILES string of the molecule is CCN(CC)CCN(C(=O)c1ccccc1SC)c1nc2cc(C)cc(C)c2s1.Cl. The largest absolute Gasteiger partial charge is 0.302 e. The van der Waals surface area contributed by atoms with E-state index in [2.05, 4.69) is 44.7 Å². The number of thiazole rings is 1. The Kier molecular flexibility index (Phi) is 9.16. The average Bonchev–Trinajstić information content (AvgIpc) is 3.14. The van der Waals surface area contributed by atoms with Crippen molar-refractivity contribution >= 4 is 56.8 Å². The van der Waals surface area contributed by atoms with Gasteiger partial charge in [0.2, 0.25) is 0 Å². The Morgan fingerprint density at radius 3 is 2.47 bits per heavy atom. The summed E-state index contributed by atoms with van der Waals surface area (Å²) in [4.78, 5) is 23.7. The Morgan fingerprint density at radius 2 is 1.80 bits per heavy atom. The predicted octanol–water partition coefficient (Wildman–Crippen LogP) is 6.05. The number of carbonyl (C=O) groups is 1. The normalized spacial score (nSPS) is 11.0. The molecule has 0 bridgehead atoms. The van der Waals surface area contributed by atoms with Crippen molar-refractivity contribution in [1.29, 1.82) is 0 Å². The summed E-state index contributed by atoms with van der Waals surface area (Å²) in [5.41, 5.74) is 4.12. The number of hydrogen-bond acceptors (Lipinski definition) is 5. The number of fused-ring (bicyclic) bond motifs is 1. The first kappa shape index (κ1) is 24.7. The number of nitrogens with zero attached hydrogens (tertiary/aromatic N) is 3. The number of halogens is 1. The number of hydrogen-bond donors (Lipinski definition) is 0. The highest BCUT2D eigenvalue weighted by molar-refractivity contribution is 7.98. The number of amides is 1. The van der Waals surface area contributed by atoms with Gasteiger partial charge in [0.25, 0.3) is 5.91 Å². The lowest BCUT2D eigenvalue weighted by Gasteiger charge is -2.25. The lowest BCUT2D eigenvalue weighted by Crippen LogP contribution is -2.39. The summed E-state index contributed by atoms with van der Waals surface area (Å²) < 4.78 is 1.16. The molecular formula is C23H30ClN3OS2. The molecule has 1 heterocycles. The van der Waals surface area contributed by atoms with E-state index in [1.54, 1.807) is 23.1 Å². The zero-order chi connectivity index (χ0) is 21.0. The maximum absolute atomic E-state index is 13.6. The third kappa shape index (κ3) is 5.35. The fraction of sp³-hybridized carbons (Fsp3) is 0.391. The second-order valence-electron chi connectivity index (χ2n) is 7.11. The molecule has 0 saturated heterocycles. The number of aromatic nitrogens is 1. The third-order valence-corrected chi connectivity index (χ3v) is 7.18. The highest BCUT2D eigenvalue weighted by Gasteiger charge is 2.24. The first-order valence-electron chi connectivity index (χ1n) is 10.0. The number of carbonyl (C=O) groups excluding carboxylic acids is 1. The Bertz CT molecular complexity index is 1000. The number of thioether (sulfide) groups is 1. The van der Waals surface area contributed by atoms with Gasteiger partial charge in [-0.2, -0.15) is 0 Å². The van der Waals surface area contributed by atoms with E-state index < -0.39 is 0 Å². The molecule has 1 amide bonds. The van der Waals surface area contributed by atoms with Gasteiger partial charge in [0.05, 0.1) is 15.8 Å². The van der Waals surface area contributed by atoms with E-state index in [4.69, 9.17) is 4.98 Å². The molecule has 0 aliphatic carbocycles. The topological polar surface area (TPSA) is 36.4 Å². The van der Waals surface area contributed by atoms with Crippen molar-refractivity contribution in [2.75, 3.05) is 37.3 Å². The minimum atomic E-state index is 0. The minimum Gasteiger partial charge on any atom is -0.302 e. The quantitative estimate of drug-likeness (QED) is 0.381. The van der Waals surface area contributed by atoms with Gasteiger partial charge in [0, 0.05) is 18.0 Å². The molecule has 30 heavy (non-hydrogen) atoms. The van der Waals surface area contributed by atoms with E-state index in [0.717, 1.165) is 45.4 Å². The highest BCUT2D eigenvalue weighted by Crippen LogP contribution is 2.33. The molecule has 4 nitrogen and oxygen atoms in total. The van der Waals surface area contributed by atoms with Gasteiger partial charge >= 0.3 is 0 Å². The van der Waals surface area contributed by atoms with Crippen molar-refractivity contribution < 1.29 is 4.79 Å². The second kappa shape index (κ2) is 11.1. The lowest BCUT2D eigenvalue weighted by atomic mass is 10.1. The first-order valence-corrected chi connectivity index (χ1v) is 12.1. The Hall–Kier alpha value is -1.60. The van der Waals surface area contributed by atoms with Gasteiger partial charge < -0.3 is 4.90 Å². The van der Waals surface area contributed by atoms with Gasteiger partial charge in [0.1, 0.15) is 0 Å². The number of benzene rings is 2. The molecule has 0 aliphatic heterocycles. The fourth-order valence-corrected chi connectivity index (χ4v) is 5.14. The molecule has 2 aromatic carbocycles. The van der Waals surface area contributed by atoms with E-state index >= 15 is 0 Å². The smallest absolute Gasteiger partial charge is 0.261 e. The fourth-order valence-electron chi connectivity index (χ4n) is 3.51. The van der Waals surface area contributed by atoms with Crippen molar-refractivity contribution in [3.63, 3.8) is 0 Å². The number of aryl methyl sites for hydroxylation is 2. The van der Waals surface area contributed by atoms with Crippen LogP contribution in [0.1, 0.15) is 35.3 Å². The Labute approximate surface area is 194 Å². The van der Waals surface area contributed by atoms with E-state index in [1.807, 2.05) is 35.4 Å². The molecule has 0 N–H and O–H groups in total. The summed E-state index contributed by atoms with van der Waals surface area (Å²) in [5.74, 6) is 0.0236. The monoisotopic (exact) mass is 463 g/mol. The van der Waals surface area contributed by atoms with Crippen LogP contribution in [0.2, 0.25) is 0 Å². The van der Waals surface area contributed by atoms with Crippen LogP contribution in [0.5, 0.6) is 0 Å². The van der Waals surface area contributed by atoms with Gasteiger partial charge in [0.15, 0.2) is 5.13 Å². The van der Waals surface area contributed by atoms with Crippen LogP contribution < -0.4 is 4.90 Å². The van der Waals surface area contributed by atoms with Crippen molar-refractivity contribution in [3.8, 4) is 0 Å². The predicted molar refractivity (Wildman–Crippen MR) is 134 cm³/mol. The van der Waals surface area contributed by atoms with Crippen molar-refractivity contribution in [2.24, 2.45) is 0 Å². The molecule has 0 radical (unpaired) electrons. The van der Waals surface area contributed by atoms with E-state index in [9.17, 15) is 4.79 Å². The summed E-state index contributed by atoms with van der Waals surface area (Å²) in [7, 11) is 0. The molecule has 3 aromatic rings. The molecule has 3 rings (SSSR count). The molecule has 0 aliphatic rings. The Morgan fingerprint density at radius 1 is 1.10 bits per heavy atom. The lowest BCUT2D eigenvalue weighted by molar-refractivity contribution is 0.0981. The van der Waals surface area contributed by atoms with Crippen LogP contribution in [-0.4, -0.2) is 48.2 Å². The molecule has 162 valence electrons. The standard InChI is InChI=1S/C23H29N3OS2.ClH/c1-6-25(7-2)12-13-26(22(27)18-10-8-9-11-20(18)28-5)23-24-19-15-16(3)14-17(4)21(19)29-23;/h8-11,14-15H,6-7,12-13H2,1-5H3;1H. The van der Waals surface area contributed by atoms with Crippen LogP contribution in [0.15, 0.2) is 41.3 Å². The van der Waals surface area contributed by atoms with Gasteiger partial charge in [-0.15, -0.1) is 24.2 Å². The average molecular weight is 464 g/mol. The summed E-state index contributed by atoms with van der Waals surface area (Å²) in [6, 6.07) is 12.1. The van der Waals surface area contributed by atoms with Gasteiger partial charge in [-0.05, 0) is 62.5 Å². The van der Waals surface area contributed by atoms with Crippen molar-refractivity contribution in [3.05, 3.63) is 53.1 Å². The van der Waals surface area contributed by atoms with Gasteiger partial charge in [-0.25, -0.2) is 4.98 Å². The minimum absolute atomic E-state index is 0. The summed E-state index contributed by atoms with van der Waals surface area (Å²) >= 11 is 3.22. The van der Waals surface area contributed by atoms with Crippen molar-refractivity contribution in [2.45, 2.75) is 32.6 Å².